The summed E-state index contributed by atoms with van der Waals surface area (Å²) in [5, 5.41) is 14.1. The van der Waals surface area contributed by atoms with E-state index >= 15 is 0 Å². The molecule has 198 valence electrons. The van der Waals surface area contributed by atoms with Crippen molar-refractivity contribution in [2.24, 2.45) is 0 Å². The number of thiophene rings is 1. The lowest BCUT2D eigenvalue weighted by molar-refractivity contribution is -0.175. The molecule has 0 aromatic carbocycles. The Kier molecular flexibility index (Phi) is 9.59. The molecule has 0 saturated carbocycles. The number of cyclic esters (lactones) is 1. The van der Waals surface area contributed by atoms with Gasteiger partial charge in [0, 0.05) is 11.8 Å². The number of nitrogens with zero attached hydrogens (tertiary/aromatic N) is 1. The second-order valence-corrected chi connectivity index (χ2v) is 9.35. The lowest BCUT2D eigenvalue weighted by Gasteiger charge is -2.25. The molecule has 1 aliphatic heterocycles. The van der Waals surface area contributed by atoms with Crippen molar-refractivity contribution in [1.29, 1.82) is 0 Å². The fourth-order valence-corrected chi connectivity index (χ4v) is 4.34. The van der Waals surface area contributed by atoms with Gasteiger partial charge in [-0.3, -0.25) is 14.5 Å². The SMILES string of the molecule is O=C(CO)NC1=CC(OCCOCC(F)(F)F)=C(N2CC(CNC(=O)c3ccc(Cl)s3)OC2=O)CC1. The van der Waals surface area contributed by atoms with Gasteiger partial charge in [-0.15, -0.1) is 11.3 Å². The van der Waals surface area contributed by atoms with Gasteiger partial charge >= 0.3 is 12.3 Å². The largest absolute Gasteiger partial charge is 0.489 e. The van der Waals surface area contributed by atoms with Gasteiger partial charge in [0.1, 0.15) is 31.7 Å². The third-order valence-electron chi connectivity index (χ3n) is 4.90. The molecule has 1 unspecified atom stereocenters. The highest BCUT2D eigenvalue weighted by Gasteiger charge is 2.36. The quantitative estimate of drug-likeness (QED) is 0.360. The summed E-state index contributed by atoms with van der Waals surface area (Å²) >= 11 is 6.94. The van der Waals surface area contributed by atoms with Crippen molar-refractivity contribution < 1.29 is 46.9 Å². The molecule has 1 aromatic heterocycles. The van der Waals surface area contributed by atoms with Gasteiger partial charge in [-0.05, 0) is 25.0 Å². The predicted octanol–water partition coefficient (Wildman–Crippen LogP) is 2.55. The molecule has 15 heteroatoms. The maximum atomic E-state index is 12.6. The number of hydrogen-bond acceptors (Lipinski definition) is 8. The molecule has 3 N–H and O–H groups in total. The Morgan fingerprint density at radius 1 is 1.28 bits per heavy atom. The van der Waals surface area contributed by atoms with Gasteiger partial charge in [-0.2, -0.15) is 13.2 Å². The van der Waals surface area contributed by atoms with Crippen LogP contribution in [-0.4, -0.2) is 79.7 Å². The van der Waals surface area contributed by atoms with E-state index in [0.717, 1.165) is 11.3 Å². The van der Waals surface area contributed by atoms with Crippen molar-refractivity contribution >= 4 is 40.8 Å². The molecule has 1 aromatic rings. The van der Waals surface area contributed by atoms with Crippen LogP contribution in [0.1, 0.15) is 22.5 Å². The van der Waals surface area contributed by atoms with Gasteiger partial charge in [0.2, 0.25) is 5.91 Å². The molecule has 1 saturated heterocycles. The van der Waals surface area contributed by atoms with E-state index in [4.69, 9.17) is 26.2 Å². The van der Waals surface area contributed by atoms with Crippen molar-refractivity contribution in [3.63, 3.8) is 0 Å². The lowest BCUT2D eigenvalue weighted by Crippen LogP contribution is -2.35. The van der Waals surface area contributed by atoms with Crippen LogP contribution in [0.2, 0.25) is 4.34 Å². The molecule has 36 heavy (non-hydrogen) atoms. The Labute approximate surface area is 212 Å². The van der Waals surface area contributed by atoms with Gasteiger partial charge in [0.15, 0.2) is 0 Å². The minimum Gasteiger partial charge on any atom is -0.489 e. The van der Waals surface area contributed by atoms with Crippen LogP contribution in [0, 0.1) is 0 Å². The van der Waals surface area contributed by atoms with E-state index in [1.807, 2.05) is 0 Å². The normalized spacial score (nSPS) is 18.1. The van der Waals surface area contributed by atoms with Crippen LogP contribution in [0.15, 0.2) is 35.4 Å². The molecule has 1 atom stereocenters. The molecule has 0 spiro atoms. The third-order valence-corrected chi connectivity index (χ3v) is 6.13. The van der Waals surface area contributed by atoms with Crippen molar-refractivity contribution in [3.8, 4) is 0 Å². The Bertz CT molecular complexity index is 1040. The van der Waals surface area contributed by atoms with E-state index in [1.54, 1.807) is 12.1 Å². The number of hydrogen-bond donors (Lipinski definition) is 3. The summed E-state index contributed by atoms with van der Waals surface area (Å²) in [4.78, 5) is 38.0. The van der Waals surface area contributed by atoms with E-state index in [0.29, 0.717) is 27.0 Å². The van der Waals surface area contributed by atoms with Crippen LogP contribution in [0.25, 0.3) is 0 Å². The van der Waals surface area contributed by atoms with Crippen molar-refractivity contribution in [2.75, 3.05) is 39.5 Å². The average molecular weight is 554 g/mol. The summed E-state index contributed by atoms with van der Waals surface area (Å²) in [6, 6.07) is 3.16. The van der Waals surface area contributed by atoms with Crippen LogP contribution >= 0.6 is 22.9 Å². The molecule has 0 radical (unpaired) electrons. The molecule has 2 heterocycles. The first-order valence-corrected chi connectivity index (χ1v) is 11.9. The summed E-state index contributed by atoms with van der Waals surface area (Å²) in [5.41, 5.74) is 0.798. The van der Waals surface area contributed by atoms with E-state index < -0.39 is 37.5 Å². The van der Waals surface area contributed by atoms with Crippen LogP contribution < -0.4 is 10.6 Å². The van der Waals surface area contributed by atoms with E-state index in [2.05, 4.69) is 15.4 Å². The van der Waals surface area contributed by atoms with Crippen LogP contribution in [0.5, 0.6) is 0 Å². The molecule has 10 nitrogen and oxygen atoms in total. The van der Waals surface area contributed by atoms with Gasteiger partial charge in [0.25, 0.3) is 5.91 Å². The Morgan fingerprint density at radius 2 is 2.06 bits per heavy atom. The van der Waals surface area contributed by atoms with Crippen molar-refractivity contribution in [1.82, 2.24) is 15.5 Å². The highest BCUT2D eigenvalue weighted by molar-refractivity contribution is 7.18. The fraction of sp³-hybridized carbons (Fsp3) is 0.476. The van der Waals surface area contributed by atoms with Crippen molar-refractivity contribution in [2.45, 2.75) is 25.1 Å². The van der Waals surface area contributed by atoms with Gasteiger partial charge in [0.05, 0.1) is 34.6 Å². The molecule has 3 rings (SSSR count). The predicted molar refractivity (Wildman–Crippen MR) is 121 cm³/mol. The van der Waals surface area contributed by atoms with Gasteiger partial charge < -0.3 is 30.0 Å². The third kappa shape index (κ3) is 8.11. The number of allylic oxidation sites excluding steroid dienone is 3. The highest BCUT2D eigenvalue weighted by atomic mass is 35.5. The number of halogens is 4. The zero-order valence-electron chi connectivity index (χ0n) is 18.7. The monoisotopic (exact) mass is 553 g/mol. The smallest absolute Gasteiger partial charge is 0.414 e. The first kappa shape index (κ1) is 27.8. The number of amides is 3. The summed E-state index contributed by atoms with van der Waals surface area (Å²) in [6.45, 7) is -2.66. The summed E-state index contributed by atoms with van der Waals surface area (Å²) in [6.07, 6.45) is -3.87. The molecule has 2 aliphatic rings. The summed E-state index contributed by atoms with van der Waals surface area (Å²) in [7, 11) is 0. The molecule has 3 amide bonds. The Morgan fingerprint density at radius 3 is 2.72 bits per heavy atom. The zero-order valence-corrected chi connectivity index (χ0v) is 20.3. The Hall–Kier alpha value is -2.81. The van der Waals surface area contributed by atoms with Gasteiger partial charge in [-0.25, -0.2) is 4.79 Å². The minimum absolute atomic E-state index is 0.0407. The number of aliphatic hydroxyl groups is 1. The number of rotatable bonds is 11. The number of nitrogens with one attached hydrogen (secondary N) is 2. The first-order valence-electron chi connectivity index (χ1n) is 10.7. The molecule has 1 fully saturated rings. The maximum Gasteiger partial charge on any atom is 0.414 e. The van der Waals surface area contributed by atoms with Crippen LogP contribution in [0.3, 0.4) is 0 Å². The topological polar surface area (TPSA) is 126 Å². The molecule has 1 aliphatic carbocycles. The van der Waals surface area contributed by atoms with Gasteiger partial charge in [-0.1, -0.05) is 11.6 Å². The average Bonchev–Trinajstić information content (AvgIpc) is 3.42. The van der Waals surface area contributed by atoms with Crippen molar-refractivity contribution in [3.05, 3.63) is 44.6 Å². The number of alkyl halides is 3. The minimum atomic E-state index is -4.48. The van der Waals surface area contributed by atoms with Crippen LogP contribution in [-0.2, 0) is 19.0 Å². The second-order valence-electron chi connectivity index (χ2n) is 7.63. The van der Waals surface area contributed by atoms with E-state index in [1.165, 1.54) is 11.0 Å². The number of ether oxygens (including phenoxy) is 3. The molecular weight excluding hydrogens is 531 g/mol. The van der Waals surface area contributed by atoms with E-state index in [9.17, 15) is 27.6 Å². The zero-order chi connectivity index (χ0) is 26.3. The summed E-state index contributed by atoms with van der Waals surface area (Å²) in [5.74, 6) is -0.880. The highest BCUT2D eigenvalue weighted by Crippen LogP contribution is 2.30. The molecular formula is C21H23ClF3N3O7S. The Balaban J connectivity index is 1.65. The van der Waals surface area contributed by atoms with E-state index in [-0.39, 0.29) is 44.4 Å². The first-order chi connectivity index (χ1) is 17.1. The number of carbonyl (C=O) groups is 3. The number of aliphatic hydroxyl groups excluding tert-OH is 1. The maximum absolute atomic E-state index is 12.6. The lowest BCUT2D eigenvalue weighted by atomic mass is 10.0. The van der Waals surface area contributed by atoms with Crippen LogP contribution in [0.4, 0.5) is 18.0 Å². The molecule has 0 bridgehead atoms. The number of carbonyl (C=O) groups excluding carboxylic acids is 3. The summed E-state index contributed by atoms with van der Waals surface area (Å²) < 4.78 is 52.7. The fourth-order valence-electron chi connectivity index (χ4n) is 3.38. The standard InChI is InChI=1S/C21H23ClF3N3O7S/c22-17-4-3-16(36-17)19(31)26-8-13-9-28(20(32)35-13)14-2-1-12(27-18(30)10-29)7-15(14)34-6-5-33-11-21(23,24)25/h3-4,7,13,29H,1-2,5-6,8-11H2,(H,26,31)(H,27,30). The second kappa shape index (κ2) is 12.4.